The van der Waals surface area contributed by atoms with E-state index < -0.39 is 12.6 Å². The van der Waals surface area contributed by atoms with E-state index in [1.807, 2.05) is 0 Å². The number of hydrogen-bond donors (Lipinski definition) is 1. The number of aliphatic carboxylic acids is 1. The Bertz CT molecular complexity index is 722. The molecule has 0 unspecified atom stereocenters. The third-order valence-corrected chi connectivity index (χ3v) is 2.76. The molecule has 0 amide bonds. The largest absolute Gasteiger partial charge is 0.482 e. The molecule has 0 aromatic heterocycles. The number of ether oxygens (including phenoxy) is 1. The van der Waals surface area contributed by atoms with E-state index >= 15 is 0 Å². The van der Waals surface area contributed by atoms with E-state index in [4.69, 9.17) is 9.84 Å². The van der Waals surface area contributed by atoms with E-state index in [0.717, 1.165) is 0 Å². The molecule has 0 aliphatic carbocycles. The van der Waals surface area contributed by atoms with Gasteiger partial charge in [0.05, 0.1) is 0 Å². The van der Waals surface area contributed by atoms with Gasteiger partial charge < -0.3 is 9.84 Å². The van der Waals surface area contributed by atoms with Crippen LogP contribution in [-0.4, -0.2) is 23.5 Å². The van der Waals surface area contributed by atoms with Crippen molar-refractivity contribution in [1.82, 2.24) is 0 Å². The number of rotatable bonds is 6. The topological polar surface area (TPSA) is 63.6 Å². The molecule has 1 N–H and O–H groups in total. The highest BCUT2D eigenvalue weighted by Crippen LogP contribution is 2.15. The van der Waals surface area contributed by atoms with Crippen molar-refractivity contribution >= 4 is 17.8 Å². The molecular weight excluding hydrogens is 287 g/mol. The minimum absolute atomic E-state index is 0.287. The average Bonchev–Trinajstić information content (AvgIpc) is 2.51. The first-order chi connectivity index (χ1) is 10.5. The van der Waals surface area contributed by atoms with Crippen molar-refractivity contribution in [2.45, 2.75) is 0 Å². The Morgan fingerprint density at radius 2 is 1.91 bits per heavy atom. The van der Waals surface area contributed by atoms with Crippen molar-refractivity contribution in [2.75, 3.05) is 6.61 Å². The summed E-state index contributed by atoms with van der Waals surface area (Å²) in [6.07, 6.45) is 2.83. The lowest BCUT2D eigenvalue weighted by atomic mass is 10.1. The van der Waals surface area contributed by atoms with Gasteiger partial charge in [0.1, 0.15) is 11.6 Å². The smallest absolute Gasteiger partial charge is 0.341 e. The lowest BCUT2D eigenvalue weighted by Gasteiger charge is -2.04. The van der Waals surface area contributed by atoms with Crippen LogP contribution in [0.4, 0.5) is 4.39 Å². The summed E-state index contributed by atoms with van der Waals surface area (Å²) in [5, 5.41) is 8.55. The summed E-state index contributed by atoms with van der Waals surface area (Å²) in [7, 11) is 0. The fourth-order valence-electron chi connectivity index (χ4n) is 1.76. The average molecular weight is 300 g/mol. The maximum absolute atomic E-state index is 13.0. The van der Waals surface area contributed by atoms with Gasteiger partial charge in [-0.05, 0) is 35.9 Å². The number of ketones is 1. The first kappa shape index (κ1) is 15.4. The van der Waals surface area contributed by atoms with E-state index in [2.05, 4.69) is 0 Å². The second kappa shape index (κ2) is 7.17. The van der Waals surface area contributed by atoms with E-state index in [0.29, 0.717) is 16.9 Å². The van der Waals surface area contributed by atoms with Gasteiger partial charge in [0.2, 0.25) is 0 Å². The SMILES string of the molecule is O=C(O)COc1cccc(C(=O)/C=C/c2cccc(F)c2)c1. The van der Waals surface area contributed by atoms with Gasteiger partial charge in [-0.3, -0.25) is 4.79 Å². The molecule has 5 heteroatoms. The van der Waals surface area contributed by atoms with Crippen LogP contribution in [0.15, 0.2) is 54.6 Å². The van der Waals surface area contributed by atoms with Crippen LogP contribution >= 0.6 is 0 Å². The zero-order chi connectivity index (χ0) is 15.9. The lowest BCUT2D eigenvalue weighted by molar-refractivity contribution is -0.139. The van der Waals surface area contributed by atoms with Gasteiger partial charge >= 0.3 is 5.97 Å². The number of carbonyl (C=O) groups excluding carboxylic acids is 1. The van der Waals surface area contributed by atoms with Crippen LogP contribution < -0.4 is 4.74 Å². The molecule has 0 aliphatic heterocycles. The summed E-state index contributed by atoms with van der Waals surface area (Å²) in [4.78, 5) is 22.5. The molecule has 0 spiro atoms. The summed E-state index contributed by atoms with van der Waals surface area (Å²) in [5.41, 5.74) is 0.933. The summed E-state index contributed by atoms with van der Waals surface area (Å²) < 4.78 is 18.0. The number of benzene rings is 2. The van der Waals surface area contributed by atoms with E-state index in [-0.39, 0.29) is 11.6 Å². The van der Waals surface area contributed by atoms with Gasteiger partial charge in [0.15, 0.2) is 12.4 Å². The van der Waals surface area contributed by atoms with E-state index in [1.165, 1.54) is 30.4 Å². The Kier molecular flexibility index (Phi) is 5.03. The molecule has 0 atom stereocenters. The Balaban J connectivity index is 2.09. The van der Waals surface area contributed by atoms with Crippen molar-refractivity contribution < 1.29 is 23.8 Å². The van der Waals surface area contributed by atoms with Crippen molar-refractivity contribution in [3.63, 3.8) is 0 Å². The fraction of sp³-hybridized carbons (Fsp3) is 0.0588. The monoisotopic (exact) mass is 300 g/mol. The Hall–Kier alpha value is -2.95. The van der Waals surface area contributed by atoms with Crippen molar-refractivity contribution in [3.05, 3.63) is 71.6 Å². The number of carboxylic acid groups (broad SMARTS) is 1. The molecular formula is C17H13FO4. The predicted molar refractivity (Wildman–Crippen MR) is 79.3 cm³/mol. The van der Waals surface area contributed by atoms with Crippen molar-refractivity contribution in [2.24, 2.45) is 0 Å². The number of carboxylic acids is 1. The van der Waals surface area contributed by atoms with E-state index in [9.17, 15) is 14.0 Å². The lowest BCUT2D eigenvalue weighted by Crippen LogP contribution is -2.09. The Labute approximate surface area is 126 Å². The minimum atomic E-state index is -1.09. The third kappa shape index (κ3) is 4.56. The van der Waals surface area contributed by atoms with Gasteiger partial charge in [-0.15, -0.1) is 0 Å². The zero-order valence-corrected chi connectivity index (χ0v) is 11.5. The number of carbonyl (C=O) groups is 2. The second-order valence-corrected chi connectivity index (χ2v) is 4.46. The quantitative estimate of drug-likeness (QED) is 0.657. The normalized spacial score (nSPS) is 10.6. The molecule has 0 radical (unpaired) electrons. The highest BCUT2D eigenvalue weighted by Gasteiger charge is 2.05. The molecule has 0 saturated heterocycles. The van der Waals surface area contributed by atoms with E-state index in [1.54, 1.807) is 30.3 Å². The predicted octanol–water partition coefficient (Wildman–Crippen LogP) is 3.19. The molecule has 0 bridgehead atoms. The molecule has 0 aliphatic rings. The second-order valence-electron chi connectivity index (χ2n) is 4.46. The minimum Gasteiger partial charge on any atom is -0.482 e. The van der Waals surface area contributed by atoms with Crippen LogP contribution in [0, 0.1) is 5.82 Å². The maximum atomic E-state index is 13.0. The highest BCUT2D eigenvalue weighted by molar-refractivity contribution is 6.07. The number of halogens is 1. The van der Waals surface area contributed by atoms with Crippen molar-refractivity contribution in [1.29, 1.82) is 0 Å². The van der Waals surface area contributed by atoms with Crippen LogP contribution in [0.5, 0.6) is 5.75 Å². The van der Waals surface area contributed by atoms with Crippen LogP contribution in [0.3, 0.4) is 0 Å². The molecule has 0 heterocycles. The molecule has 2 aromatic carbocycles. The number of hydrogen-bond acceptors (Lipinski definition) is 3. The van der Waals surface area contributed by atoms with Crippen LogP contribution in [0.2, 0.25) is 0 Å². The number of allylic oxidation sites excluding steroid dienone is 1. The Morgan fingerprint density at radius 3 is 2.64 bits per heavy atom. The van der Waals surface area contributed by atoms with Gasteiger partial charge in [-0.2, -0.15) is 0 Å². The molecule has 112 valence electrons. The van der Waals surface area contributed by atoms with Crippen LogP contribution in [0.25, 0.3) is 6.08 Å². The van der Waals surface area contributed by atoms with Gasteiger partial charge in [0, 0.05) is 5.56 Å². The molecule has 0 fully saturated rings. The van der Waals surface area contributed by atoms with Gasteiger partial charge in [0.25, 0.3) is 0 Å². The standard InChI is InChI=1S/C17H13FO4/c18-14-5-1-3-12(9-14)7-8-16(19)13-4-2-6-15(10-13)22-11-17(20)21/h1-10H,11H2,(H,20,21)/b8-7+. The summed E-state index contributed by atoms with van der Waals surface area (Å²) >= 11 is 0. The first-order valence-electron chi connectivity index (χ1n) is 6.47. The molecule has 0 saturated carbocycles. The van der Waals surface area contributed by atoms with Crippen molar-refractivity contribution in [3.8, 4) is 5.75 Å². The Morgan fingerprint density at radius 1 is 1.14 bits per heavy atom. The maximum Gasteiger partial charge on any atom is 0.341 e. The first-order valence-corrected chi connectivity index (χ1v) is 6.47. The fourth-order valence-corrected chi connectivity index (χ4v) is 1.76. The van der Waals surface area contributed by atoms with Crippen LogP contribution in [-0.2, 0) is 4.79 Å². The zero-order valence-electron chi connectivity index (χ0n) is 11.5. The third-order valence-electron chi connectivity index (χ3n) is 2.76. The molecule has 2 rings (SSSR count). The molecule has 4 nitrogen and oxygen atoms in total. The van der Waals surface area contributed by atoms with Gasteiger partial charge in [-0.1, -0.05) is 30.3 Å². The summed E-state index contributed by atoms with van der Waals surface area (Å²) in [6, 6.07) is 12.1. The van der Waals surface area contributed by atoms with Gasteiger partial charge in [-0.25, -0.2) is 9.18 Å². The molecule has 22 heavy (non-hydrogen) atoms. The molecule has 2 aromatic rings. The summed E-state index contributed by atoms with van der Waals surface area (Å²) in [6.45, 7) is -0.475. The summed E-state index contributed by atoms with van der Waals surface area (Å²) in [5.74, 6) is -1.46. The van der Waals surface area contributed by atoms with Crippen LogP contribution in [0.1, 0.15) is 15.9 Å². The highest BCUT2D eigenvalue weighted by atomic mass is 19.1.